The second kappa shape index (κ2) is 70.1. The van der Waals surface area contributed by atoms with Crippen LogP contribution in [0.4, 0.5) is 9.59 Å². The number of nitrogens with zero attached hydrogens (tertiary/aromatic N) is 1. The Morgan fingerprint density at radius 3 is 0.792 bits per heavy atom. The van der Waals surface area contributed by atoms with Crippen molar-refractivity contribution in [2.24, 2.45) is 0 Å². The van der Waals surface area contributed by atoms with Gasteiger partial charge in [0, 0.05) is 32.9 Å². The number of ether oxygens (including phenoxy) is 24. The molecule has 0 aromatic heterocycles. The summed E-state index contributed by atoms with van der Waals surface area (Å²) < 4.78 is 130. The van der Waals surface area contributed by atoms with Crippen molar-refractivity contribution in [1.29, 1.82) is 0 Å². The van der Waals surface area contributed by atoms with Crippen LogP contribution in [0.1, 0.15) is 40.0 Å². The molecular formula is C64H117N3O29. The first-order valence-electron chi connectivity index (χ1n) is 32.7. The van der Waals surface area contributed by atoms with E-state index in [1.807, 2.05) is 11.8 Å². The normalized spacial score (nSPS) is 11.4. The minimum atomic E-state index is -0.632. The van der Waals surface area contributed by atoms with Gasteiger partial charge in [-0.1, -0.05) is 26.7 Å². The highest BCUT2D eigenvalue weighted by atomic mass is 16.6. The number of carbonyl (C=O) groups excluding carboxylic acids is 5. The van der Waals surface area contributed by atoms with Gasteiger partial charge in [0.25, 0.3) is 0 Å². The van der Waals surface area contributed by atoms with E-state index in [1.54, 1.807) is 21.1 Å². The lowest BCUT2D eigenvalue weighted by molar-refractivity contribution is -0.147. The highest BCUT2D eigenvalue weighted by Crippen LogP contribution is 2.23. The SMILES string of the molecule is C=C(C)C(=C)OCCNC(=O)OCCOCCOCCOCCOCCOCCOCCOCCOCCOC(=O)CCN(CCC(=O)OCCOCCOCCOCCOCCOCCOCCOCCOCCOC(=O)NCCOC(=O)C(=C)C)C(CC)(COC)COC. The first kappa shape index (κ1) is 91.2. The number of allylic oxidation sites excluding steroid dienone is 1. The summed E-state index contributed by atoms with van der Waals surface area (Å²) in [6.07, 6.45) is -0.387. The molecule has 2 amide bonds. The summed E-state index contributed by atoms with van der Waals surface area (Å²) in [7, 11) is 3.20. The van der Waals surface area contributed by atoms with Crippen LogP contribution in [-0.4, -0.2) is 345 Å². The highest BCUT2D eigenvalue weighted by Gasteiger charge is 2.36. The molecule has 0 unspecified atom stereocenters. The van der Waals surface area contributed by atoms with Crippen LogP contribution in [0.15, 0.2) is 36.6 Å². The Morgan fingerprint density at radius 1 is 0.323 bits per heavy atom. The third kappa shape index (κ3) is 61.5. The second-order valence-corrected chi connectivity index (χ2v) is 20.3. The maximum atomic E-state index is 12.8. The molecule has 0 radical (unpaired) electrons. The maximum absolute atomic E-state index is 12.8. The fraction of sp³-hybridized carbons (Fsp3) is 0.828. The summed E-state index contributed by atoms with van der Waals surface area (Å²) in [6.45, 7) is 30.5. The summed E-state index contributed by atoms with van der Waals surface area (Å²) in [4.78, 5) is 62.1. The number of amides is 2. The number of esters is 3. The molecule has 562 valence electrons. The molecule has 0 spiro atoms. The van der Waals surface area contributed by atoms with E-state index in [-0.39, 0.29) is 97.6 Å². The molecule has 0 aromatic carbocycles. The van der Waals surface area contributed by atoms with Gasteiger partial charge in [0.2, 0.25) is 0 Å². The molecule has 0 rings (SSSR count). The van der Waals surface area contributed by atoms with Gasteiger partial charge in [-0.3, -0.25) is 14.5 Å². The van der Waals surface area contributed by atoms with Gasteiger partial charge in [-0.25, -0.2) is 14.4 Å². The standard InChI is InChI=1S/C64H117N3O29/c1-9-64(54-73-7,55-74-8)67(14-10-59(68)92-50-46-87-42-38-83-34-30-79-26-22-75-18-20-77-24-28-81-32-36-85-40-44-89-48-52-95-62(71)65-12-16-91-58(6)56(2)3)15-11-60(69)93-51-47-88-43-39-84-35-31-80-27-23-76-19-21-78-25-29-82-33-37-86-41-45-90-49-53-96-63(72)66-13-17-94-61(70)57(4)5/h2,4,6,9-55H2,1,3,5,7-8H3,(H,65,71)(H,66,72). The van der Waals surface area contributed by atoms with Gasteiger partial charge in [0.15, 0.2) is 0 Å². The maximum Gasteiger partial charge on any atom is 0.407 e. The van der Waals surface area contributed by atoms with Gasteiger partial charge in [-0.2, -0.15) is 0 Å². The first-order valence-corrected chi connectivity index (χ1v) is 32.7. The first-order chi connectivity index (χ1) is 46.8. The molecule has 0 aromatic rings. The van der Waals surface area contributed by atoms with Crippen LogP contribution >= 0.6 is 0 Å². The smallest absolute Gasteiger partial charge is 0.407 e. The number of carbonyl (C=O) groups is 5. The largest absolute Gasteiger partial charge is 0.492 e. The van der Waals surface area contributed by atoms with Crippen molar-refractivity contribution in [1.82, 2.24) is 15.5 Å². The lowest BCUT2D eigenvalue weighted by Crippen LogP contribution is -2.56. The zero-order chi connectivity index (χ0) is 70.3. The Hall–Kier alpha value is -4.79. The van der Waals surface area contributed by atoms with E-state index in [0.29, 0.717) is 223 Å². The van der Waals surface area contributed by atoms with Crippen molar-refractivity contribution < 1.29 is 138 Å². The zero-order valence-corrected chi connectivity index (χ0v) is 58.1. The predicted molar refractivity (Wildman–Crippen MR) is 347 cm³/mol. The number of methoxy groups -OCH3 is 2. The van der Waals surface area contributed by atoms with Crippen molar-refractivity contribution in [3.05, 3.63) is 36.6 Å². The minimum absolute atomic E-state index is 0.0225. The van der Waals surface area contributed by atoms with Crippen molar-refractivity contribution in [2.45, 2.75) is 45.6 Å². The van der Waals surface area contributed by atoms with E-state index in [9.17, 15) is 24.0 Å². The number of rotatable bonds is 75. The Labute approximate surface area is 568 Å². The second-order valence-electron chi connectivity index (χ2n) is 20.3. The lowest BCUT2D eigenvalue weighted by Gasteiger charge is -2.42. The molecule has 0 aliphatic heterocycles. The van der Waals surface area contributed by atoms with Crippen LogP contribution in [0.2, 0.25) is 0 Å². The summed E-state index contributed by atoms with van der Waals surface area (Å²) in [5.41, 5.74) is 0.420. The molecule has 0 bridgehead atoms. The monoisotopic (exact) mass is 1390 g/mol. The molecular weight excluding hydrogens is 1270 g/mol. The summed E-state index contributed by atoms with van der Waals surface area (Å²) in [5.74, 6) is -0.844. The summed E-state index contributed by atoms with van der Waals surface area (Å²) in [6, 6.07) is 0. The molecule has 0 atom stereocenters. The molecule has 0 heterocycles. The third-order valence-corrected chi connectivity index (χ3v) is 12.5. The Balaban J connectivity index is 3.78. The number of alkyl carbamates (subject to hydrolysis) is 2. The molecule has 32 nitrogen and oxygen atoms in total. The van der Waals surface area contributed by atoms with Crippen molar-refractivity contribution in [2.75, 3.05) is 305 Å². The van der Waals surface area contributed by atoms with Crippen molar-refractivity contribution in [3.63, 3.8) is 0 Å². The third-order valence-electron chi connectivity index (χ3n) is 12.5. The van der Waals surface area contributed by atoms with E-state index >= 15 is 0 Å². The molecule has 0 aliphatic carbocycles. The Kier molecular flexibility index (Phi) is 66.6. The molecule has 0 fully saturated rings. The predicted octanol–water partition coefficient (Wildman–Crippen LogP) is 2.54. The van der Waals surface area contributed by atoms with Gasteiger partial charge in [-0.05, 0) is 25.8 Å². The van der Waals surface area contributed by atoms with Gasteiger partial charge in [-0.15, -0.1) is 0 Å². The molecule has 2 N–H and O–H groups in total. The number of hydrogen-bond acceptors (Lipinski definition) is 30. The van der Waals surface area contributed by atoms with E-state index in [1.165, 1.54) is 6.92 Å². The quantitative estimate of drug-likeness (QED) is 0.0221. The van der Waals surface area contributed by atoms with E-state index in [4.69, 9.17) is 114 Å². The summed E-state index contributed by atoms with van der Waals surface area (Å²) in [5, 5.41) is 5.03. The summed E-state index contributed by atoms with van der Waals surface area (Å²) >= 11 is 0. The van der Waals surface area contributed by atoms with Crippen LogP contribution < -0.4 is 10.6 Å². The van der Waals surface area contributed by atoms with E-state index < -0.39 is 35.6 Å². The van der Waals surface area contributed by atoms with Crippen LogP contribution in [0.3, 0.4) is 0 Å². The fourth-order valence-electron chi connectivity index (χ4n) is 7.44. The number of nitrogens with one attached hydrogen (secondary N) is 2. The van der Waals surface area contributed by atoms with Crippen LogP contribution in [0.25, 0.3) is 0 Å². The molecule has 0 saturated carbocycles. The lowest BCUT2D eigenvalue weighted by atomic mass is 9.94. The molecule has 0 saturated heterocycles. The van der Waals surface area contributed by atoms with Gasteiger partial charge in [0.1, 0.15) is 45.4 Å². The van der Waals surface area contributed by atoms with Gasteiger partial charge in [0.05, 0.1) is 256 Å². The van der Waals surface area contributed by atoms with Crippen molar-refractivity contribution in [3.8, 4) is 0 Å². The average Bonchev–Trinajstić information content (AvgIpc) is 0.866. The van der Waals surface area contributed by atoms with Crippen molar-refractivity contribution >= 4 is 30.1 Å². The van der Waals surface area contributed by atoms with Crippen LogP contribution in [0, 0.1) is 0 Å². The van der Waals surface area contributed by atoms with Crippen LogP contribution in [0.5, 0.6) is 0 Å². The average molecular weight is 1390 g/mol. The number of hydrogen-bond donors (Lipinski definition) is 2. The topological polar surface area (TPSA) is 334 Å². The van der Waals surface area contributed by atoms with E-state index in [0.717, 1.165) is 5.57 Å². The van der Waals surface area contributed by atoms with E-state index in [2.05, 4.69) is 30.4 Å². The Bertz CT molecular complexity index is 1770. The van der Waals surface area contributed by atoms with Gasteiger partial charge < -0.3 is 124 Å². The minimum Gasteiger partial charge on any atom is -0.492 e. The Morgan fingerprint density at radius 2 is 0.562 bits per heavy atom. The van der Waals surface area contributed by atoms with Gasteiger partial charge >= 0.3 is 30.1 Å². The highest BCUT2D eigenvalue weighted by molar-refractivity contribution is 5.86. The van der Waals surface area contributed by atoms with Crippen LogP contribution in [-0.2, 0) is 128 Å². The molecule has 0 aliphatic rings. The molecule has 32 heteroatoms. The zero-order valence-electron chi connectivity index (χ0n) is 58.1. The fourth-order valence-corrected chi connectivity index (χ4v) is 7.44. The molecule has 96 heavy (non-hydrogen) atoms.